The van der Waals surface area contributed by atoms with Gasteiger partial charge in [0.05, 0.1) is 87.7 Å². The van der Waals surface area contributed by atoms with Crippen molar-refractivity contribution < 1.29 is 31.2 Å². The number of ether oxygens (including phenoxy) is 1. The number of hydrogen-bond acceptors (Lipinski definition) is 20. The van der Waals surface area contributed by atoms with E-state index in [1.54, 1.807) is 107 Å². The molecule has 0 aromatic carbocycles. The topological polar surface area (TPSA) is 312 Å². The van der Waals surface area contributed by atoms with Crippen molar-refractivity contribution in [3.05, 3.63) is 142 Å². The van der Waals surface area contributed by atoms with Crippen molar-refractivity contribution in [1.82, 2.24) is 29.9 Å². The van der Waals surface area contributed by atoms with E-state index in [-0.39, 0.29) is 49.0 Å². The van der Waals surface area contributed by atoms with Gasteiger partial charge in [-0.15, -0.1) is 35.3 Å². The van der Waals surface area contributed by atoms with E-state index in [1.165, 1.54) is 40.4 Å². The Labute approximate surface area is 503 Å². The Morgan fingerprint density at radius 1 is 0.588 bits per heavy atom. The van der Waals surface area contributed by atoms with Crippen LogP contribution in [0.1, 0.15) is 98.9 Å². The summed E-state index contributed by atoms with van der Waals surface area (Å²) in [5.41, 5.74) is 12.7. The highest BCUT2D eigenvalue weighted by Crippen LogP contribution is 2.23. The molecule has 18 nitrogen and oxygen atoms in total. The summed E-state index contributed by atoms with van der Waals surface area (Å²) in [5.74, 6) is 1.18. The highest BCUT2D eigenvalue weighted by Gasteiger charge is 2.27. The molecular formula is C55H71Br2N11O7S5. The molecule has 6 heterocycles. The third-order valence-corrected chi connectivity index (χ3v) is 15.9. The zero-order valence-corrected chi connectivity index (χ0v) is 51.7. The Bertz CT molecular complexity index is 3060. The van der Waals surface area contributed by atoms with Gasteiger partial charge in [-0.1, -0.05) is 49.5 Å². The predicted octanol–water partition coefficient (Wildman–Crippen LogP) is 11.9. The number of esters is 1. The summed E-state index contributed by atoms with van der Waals surface area (Å²) in [6.07, 6.45) is 10.1. The van der Waals surface area contributed by atoms with Gasteiger partial charge in [-0.25, -0.2) is 26.8 Å². The summed E-state index contributed by atoms with van der Waals surface area (Å²) in [7, 11) is -6.40. The number of amides is 1. The predicted molar refractivity (Wildman–Crippen MR) is 329 cm³/mol. The van der Waals surface area contributed by atoms with E-state index in [4.69, 9.17) is 32.0 Å². The van der Waals surface area contributed by atoms with Crippen molar-refractivity contribution in [2.24, 2.45) is 5.73 Å². The number of hydrogen-bond donors (Lipinski definition) is 2. The third-order valence-electron chi connectivity index (χ3n) is 8.96. The van der Waals surface area contributed by atoms with Crippen LogP contribution in [0.2, 0.25) is 0 Å². The molecule has 6 aromatic rings. The van der Waals surface area contributed by atoms with Crippen molar-refractivity contribution in [2.45, 2.75) is 126 Å². The van der Waals surface area contributed by atoms with Gasteiger partial charge in [0.1, 0.15) is 14.8 Å². The zero-order chi connectivity index (χ0) is 58.7. The first-order valence-electron chi connectivity index (χ1n) is 23.7. The van der Waals surface area contributed by atoms with Gasteiger partial charge in [-0.05, 0) is 143 Å². The van der Waals surface area contributed by atoms with Gasteiger partial charge in [0.2, 0.25) is 5.91 Å². The quantitative estimate of drug-likeness (QED) is 0.0516. The molecule has 1 unspecified atom stereocenters. The molecule has 0 aliphatic carbocycles. The highest BCUT2D eigenvalue weighted by atomic mass is 79.9. The number of carbonyl (C=O) groups is 2. The molecule has 432 valence electrons. The van der Waals surface area contributed by atoms with E-state index < -0.39 is 43.1 Å². The van der Waals surface area contributed by atoms with E-state index in [0.717, 1.165) is 37.1 Å². The van der Waals surface area contributed by atoms with E-state index in [1.807, 2.05) is 48.8 Å². The number of halogens is 2. The smallest absolute Gasteiger partial charge is 0.330 e. The Hall–Kier alpha value is -5.98. The standard InChI is InChI=1S/C14H18N2O2S.C9H12N2O3S.C9H10N2O2S.C9H10N2S.C7H8BrNS.C5H5BrN2.2CH4/c1-5-19-10-6-7-12(16-9-10)11(8-15)13(17)18-14(2,3)4;1-2-15(13,14)8-4-3-7(11-6-8)5-9(10)12;1-2-14(12,13)9-4-3-8(5-6-10)11-7-9;1-2-12-9-4-3-8(5-6-10)11-7-9;1-2-10-6-3-4-7(8)9-5-6;6-5-2-1-4(7)3-8-5;;/h6-7,9,11H,5H2,1-4H3;3-4,6H,2,5H2,1H3,(H2,10,12);3-4,7H,2,5H2,1H3;3-4,7H,2,5H2,1H3;3-5H,2H2,1H3;1-3H,7H2;2*1H4. The number of pyridine rings is 6. The molecule has 6 rings (SSSR count). The van der Waals surface area contributed by atoms with Crippen LogP contribution in [0.5, 0.6) is 0 Å². The van der Waals surface area contributed by atoms with Crippen LogP contribution < -0.4 is 11.5 Å². The lowest BCUT2D eigenvalue weighted by atomic mass is 10.1. The summed E-state index contributed by atoms with van der Waals surface area (Å²) < 4.78 is 52.5. The first-order valence-corrected chi connectivity index (χ1v) is 31.5. The van der Waals surface area contributed by atoms with Gasteiger partial charge >= 0.3 is 5.97 Å². The van der Waals surface area contributed by atoms with E-state index in [9.17, 15) is 26.4 Å². The van der Waals surface area contributed by atoms with Gasteiger partial charge in [0.25, 0.3) is 0 Å². The minimum absolute atomic E-state index is 0. The van der Waals surface area contributed by atoms with Crippen molar-refractivity contribution in [1.29, 1.82) is 15.8 Å². The van der Waals surface area contributed by atoms with Crippen molar-refractivity contribution >= 4 is 104 Å². The van der Waals surface area contributed by atoms with Crippen molar-refractivity contribution in [3.8, 4) is 18.2 Å². The number of carbonyl (C=O) groups excluding carboxylic acids is 2. The lowest BCUT2D eigenvalue weighted by Gasteiger charge is -2.21. The van der Waals surface area contributed by atoms with Crippen LogP contribution in [-0.2, 0) is 53.3 Å². The number of nitrogens with zero attached hydrogens (tertiary/aromatic N) is 9. The lowest BCUT2D eigenvalue weighted by Crippen LogP contribution is -2.27. The number of nitrogens with two attached hydrogens (primary N) is 2. The van der Waals surface area contributed by atoms with Crippen LogP contribution >= 0.6 is 67.1 Å². The molecule has 0 saturated heterocycles. The van der Waals surface area contributed by atoms with Crippen LogP contribution in [0.3, 0.4) is 0 Å². The Morgan fingerprint density at radius 3 is 1.29 bits per heavy atom. The molecule has 25 heteroatoms. The van der Waals surface area contributed by atoms with Crippen molar-refractivity contribution in [3.63, 3.8) is 0 Å². The number of nitriles is 3. The Balaban J connectivity index is 0. The minimum Gasteiger partial charge on any atom is -0.459 e. The third kappa shape index (κ3) is 32.3. The number of anilines is 1. The summed E-state index contributed by atoms with van der Waals surface area (Å²) in [6, 6.07) is 27.0. The summed E-state index contributed by atoms with van der Waals surface area (Å²) in [5, 5.41) is 25.9. The average molecular weight is 1320 g/mol. The second-order valence-electron chi connectivity index (χ2n) is 16.1. The highest BCUT2D eigenvalue weighted by molar-refractivity contribution is 9.10. The maximum absolute atomic E-state index is 11.9. The fraction of sp³-hybridized carbons (Fsp3) is 0.364. The molecule has 6 aromatic heterocycles. The van der Waals surface area contributed by atoms with Crippen LogP contribution in [0.4, 0.5) is 5.69 Å². The normalized spacial score (nSPS) is 10.5. The van der Waals surface area contributed by atoms with Gasteiger partial charge in [0.15, 0.2) is 25.6 Å². The average Bonchev–Trinajstić information content (AvgIpc) is 3.40. The first-order chi connectivity index (χ1) is 36.9. The largest absolute Gasteiger partial charge is 0.459 e. The maximum atomic E-state index is 11.9. The molecule has 0 bridgehead atoms. The van der Waals surface area contributed by atoms with E-state index in [2.05, 4.69) is 94.7 Å². The Kier molecular flexibility index (Phi) is 39.1. The summed E-state index contributed by atoms with van der Waals surface area (Å²) in [6.45, 7) is 14.7. The number of primary amides is 1. The van der Waals surface area contributed by atoms with Gasteiger partial charge < -0.3 is 16.2 Å². The summed E-state index contributed by atoms with van der Waals surface area (Å²) in [4.78, 5) is 50.3. The molecule has 0 aliphatic rings. The zero-order valence-electron chi connectivity index (χ0n) is 44.5. The fourth-order valence-corrected chi connectivity index (χ4v) is 9.24. The molecule has 1 atom stereocenters. The van der Waals surface area contributed by atoms with Gasteiger partial charge in [-0.2, -0.15) is 15.8 Å². The van der Waals surface area contributed by atoms with Crippen LogP contribution in [0.25, 0.3) is 0 Å². The lowest BCUT2D eigenvalue weighted by molar-refractivity contribution is -0.155. The maximum Gasteiger partial charge on any atom is 0.330 e. The second-order valence-corrected chi connectivity index (χ2v) is 26.3. The molecule has 4 N–H and O–H groups in total. The number of sulfone groups is 2. The molecule has 0 radical (unpaired) electrons. The van der Waals surface area contributed by atoms with E-state index in [0.29, 0.717) is 29.2 Å². The monoisotopic (exact) mass is 1320 g/mol. The second kappa shape index (κ2) is 41.1. The minimum atomic E-state index is -3.22. The number of nitrogen functional groups attached to an aromatic ring is 1. The summed E-state index contributed by atoms with van der Waals surface area (Å²) >= 11 is 11.7. The van der Waals surface area contributed by atoms with E-state index >= 15 is 0 Å². The molecule has 0 fully saturated rings. The number of rotatable bonds is 16. The molecule has 80 heavy (non-hydrogen) atoms. The molecule has 0 spiro atoms. The molecule has 0 saturated carbocycles. The van der Waals surface area contributed by atoms with Crippen LogP contribution in [0, 0.1) is 34.0 Å². The van der Waals surface area contributed by atoms with Crippen LogP contribution in [-0.4, -0.2) is 93.0 Å². The molecule has 0 aliphatic heterocycles. The van der Waals surface area contributed by atoms with Gasteiger partial charge in [0, 0.05) is 51.4 Å². The fourth-order valence-electron chi connectivity index (χ4n) is 5.26. The number of aromatic nitrogens is 6. The Morgan fingerprint density at radius 2 is 0.988 bits per heavy atom. The van der Waals surface area contributed by atoms with Gasteiger partial charge in [-0.3, -0.25) is 29.5 Å². The number of thioether (sulfide) groups is 3. The SMILES string of the molecule is C.C.CCS(=O)(=O)c1ccc(CC#N)nc1.CCS(=O)(=O)c1ccc(CC(N)=O)nc1.CCSc1ccc(Br)nc1.CCSc1ccc(C(C#N)C(=O)OC(C)(C)C)nc1.CCSc1ccc(CC#N)nc1.Nc1ccc(Br)nc1. The van der Waals surface area contributed by atoms with Crippen molar-refractivity contribution in [2.75, 3.05) is 34.5 Å². The molecule has 1 amide bonds. The molecular weight excluding hydrogens is 1250 g/mol. The van der Waals surface area contributed by atoms with Crippen LogP contribution in [0.15, 0.2) is 144 Å². The first kappa shape index (κ1) is 76.1.